The van der Waals surface area contributed by atoms with Gasteiger partial charge in [0.15, 0.2) is 0 Å². The van der Waals surface area contributed by atoms with Gasteiger partial charge in [0, 0.05) is 4.48 Å². The van der Waals surface area contributed by atoms with Crippen LogP contribution in [0.4, 0.5) is 0 Å². The zero-order chi connectivity index (χ0) is 12.1. The van der Waals surface area contributed by atoms with Crippen molar-refractivity contribution in [2.75, 3.05) is 13.7 Å². The first-order valence-electron chi connectivity index (χ1n) is 4.42. The molecule has 0 aliphatic rings. The van der Waals surface area contributed by atoms with E-state index >= 15 is 0 Å². The van der Waals surface area contributed by atoms with Crippen LogP contribution >= 0.6 is 15.9 Å². The summed E-state index contributed by atoms with van der Waals surface area (Å²) in [7, 11) is 1.47. The molecule has 0 spiro atoms. The van der Waals surface area contributed by atoms with Gasteiger partial charge in [0.1, 0.15) is 23.7 Å². The highest BCUT2D eigenvalue weighted by Crippen LogP contribution is 2.24. The Morgan fingerprint density at radius 2 is 2.25 bits per heavy atom. The van der Waals surface area contributed by atoms with Gasteiger partial charge in [-0.3, -0.25) is 0 Å². The van der Waals surface area contributed by atoms with Gasteiger partial charge in [-0.1, -0.05) is 22.5 Å². The lowest BCUT2D eigenvalue weighted by Gasteiger charge is -2.09. The van der Waals surface area contributed by atoms with E-state index in [1.54, 1.807) is 12.1 Å². The highest BCUT2D eigenvalue weighted by molar-refractivity contribution is 9.11. The molecule has 0 fully saturated rings. The third-order valence-corrected chi connectivity index (χ3v) is 2.03. The summed E-state index contributed by atoms with van der Waals surface area (Å²) in [6, 6.07) is 4.60. The van der Waals surface area contributed by atoms with Crippen LogP contribution in [0.25, 0.3) is 0 Å². The number of ether oxygens (including phenoxy) is 2. The van der Waals surface area contributed by atoms with Crippen molar-refractivity contribution in [1.82, 2.24) is 0 Å². The number of hydrogen-bond acceptors (Lipinski definition) is 3. The number of hydrogen-bond donors (Lipinski definition) is 1. The van der Waals surface area contributed by atoms with E-state index in [0.29, 0.717) is 10.2 Å². The normalized spacial score (nSPS) is 9.62. The number of carbonyl (C=O) groups is 1. The second-order valence-electron chi connectivity index (χ2n) is 2.97. The summed E-state index contributed by atoms with van der Waals surface area (Å²) >= 11 is 3.13. The fraction of sp³-hybridized carbons (Fsp3) is 0.182. The molecule has 16 heavy (non-hydrogen) atoms. The molecule has 4 nitrogen and oxygen atoms in total. The number of carboxylic acid groups (broad SMARTS) is 1. The summed E-state index contributed by atoms with van der Waals surface area (Å²) in [4.78, 5) is 11.0. The molecule has 0 aromatic heterocycles. The molecule has 5 heteroatoms. The molecule has 1 rings (SSSR count). The minimum Gasteiger partial charge on any atom is -0.497 e. The van der Waals surface area contributed by atoms with E-state index in [-0.39, 0.29) is 17.9 Å². The molecule has 0 bridgehead atoms. The number of halogens is 1. The minimum atomic E-state index is -1.06. The molecule has 0 amide bonds. The van der Waals surface area contributed by atoms with Crippen LogP contribution in [0.5, 0.6) is 11.5 Å². The third-order valence-electron chi connectivity index (χ3n) is 1.80. The predicted octanol–water partition coefficient (Wildman–Crippen LogP) is 2.68. The molecule has 1 aromatic carbocycles. The molecule has 0 saturated heterocycles. The molecule has 0 aliphatic carbocycles. The Bertz CT molecular complexity index is 414. The van der Waals surface area contributed by atoms with Gasteiger partial charge < -0.3 is 14.6 Å². The van der Waals surface area contributed by atoms with E-state index in [9.17, 15) is 4.79 Å². The lowest BCUT2D eigenvalue weighted by atomic mass is 10.2. The first kappa shape index (κ1) is 12.6. The zero-order valence-electron chi connectivity index (χ0n) is 8.70. The van der Waals surface area contributed by atoms with Crippen LogP contribution in [0.1, 0.15) is 10.4 Å². The topological polar surface area (TPSA) is 55.8 Å². The van der Waals surface area contributed by atoms with Crippen LogP contribution in [0.15, 0.2) is 29.3 Å². The number of aromatic carboxylic acids is 1. The van der Waals surface area contributed by atoms with Crippen molar-refractivity contribution in [3.05, 3.63) is 34.8 Å². The fourth-order valence-electron chi connectivity index (χ4n) is 1.09. The quantitative estimate of drug-likeness (QED) is 0.904. The van der Waals surface area contributed by atoms with E-state index < -0.39 is 5.97 Å². The molecule has 0 saturated carbocycles. The van der Waals surface area contributed by atoms with Crippen molar-refractivity contribution in [1.29, 1.82) is 0 Å². The standard InChI is InChI=1S/C11H11BrO4/c1-7(12)6-16-10-4-3-8(15-2)5-9(10)11(13)14/h3-5H,1,6H2,2H3,(H,13,14). The summed E-state index contributed by atoms with van der Waals surface area (Å²) in [5.74, 6) is -0.301. The highest BCUT2D eigenvalue weighted by Gasteiger charge is 2.12. The molecule has 0 atom stereocenters. The Hall–Kier alpha value is -1.49. The van der Waals surface area contributed by atoms with E-state index in [0.717, 1.165) is 0 Å². The van der Waals surface area contributed by atoms with Gasteiger partial charge in [0.05, 0.1) is 7.11 Å². The van der Waals surface area contributed by atoms with Crippen LogP contribution in [0.3, 0.4) is 0 Å². The first-order valence-corrected chi connectivity index (χ1v) is 5.21. The van der Waals surface area contributed by atoms with Gasteiger partial charge in [0.2, 0.25) is 0 Å². The number of carboxylic acids is 1. The van der Waals surface area contributed by atoms with Crippen molar-refractivity contribution < 1.29 is 19.4 Å². The summed E-state index contributed by atoms with van der Waals surface area (Å²) in [6.07, 6.45) is 0. The molecule has 1 N–H and O–H groups in total. The lowest BCUT2D eigenvalue weighted by Crippen LogP contribution is -2.04. The number of methoxy groups -OCH3 is 1. The van der Waals surface area contributed by atoms with Gasteiger partial charge in [-0.05, 0) is 18.2 Å². The Labute approximate surface area is 102 Å². The number of benzene rings is 1. The molecule has 86 valence electrons. The Balaban J connectivity index is 2.98. The Morgan fingerprint density at radius 1 is 1.56 bits per heavy atom. The van der Waals surface area contributed by atoms with Gasteiger partial charge in [-0.15, -0.1) is 0 Å². The van der Waals surface area contributed by atoms with Crippen LogP contribution in [0.2, 0.25) is 0 Å². The van der Waals surface area contributed by atoms with Crippen LogP contribution in [0, 0.1) is 0 Å². The summed E-state index contributed by atoms with van der Waals surface area (Å²) < 4.78 is 10.9. The Morgan fingerprint density at radius 3 is 2.75 bits per heavy atom. The molecular formula is C11H11BrO4. The van der Waals surface area contributed by atoms with Gasteiger partial charge in [0.25, 0.3) is 0 Å². The fourth-order valence-corrected chi connectivity index (χ4v) is 1.20. The average Bonchev–Trinajstić information content (AvgIpc) is 2.25. The Kier molecular flexibility index (Phi) is 4.37. The van der Waals surface area contributed by atoms with E-state index in [1.165, 1.54) is 13.2 Å². The van der Waals surface area contributed by atoms with Gasteiger partial charge in [-0.2, -0.15) is 0 Å². The number of rotatable bonds is 5. The van der Waals surface area contributed by atoms with Crippen LogP contribution in [-0.2, 0) is 0 Å². The molecule has 1 aromatic rings. The SMILES string of the molecule is C=C(Br)COc1ccc(OC)cc1C(=O)O. The van der Waals surface area contributed by atoms with Crippen molar-refractivity contribution in [2.24, 2.45) is 0 Å². The van der Waals surface area contributed by atoms with Crippen molar-refractivity contribution >= 4 is 21.9 Å². The van der Waals surface area contributed by atoms with Gasteiger partial charge >= 0.3 is 5.97 Å². The zero-order valence-corrected chi connectivity index (χ0v) is 10.3. The van der Waals surface area contributed by atoms with E-state index in [2.05, 4.69) is 22.5 Å². The maximum absolute atomic E-state index is 11.0. The lowest BCUT2D eigenvalue weighted by molar-refractivity contribution is 0.0692. The van der Waals surface area contributed by atoms with Crippen molar-refractivity contribution in [3.63, 3.8) is 0 Å². The monoisotopic (exact) mass is 286 g/mol. The second kappa shape index (κ2) is 5.55. The predicted molar refractivity (Wildman–Crippen MR) is 63.5 cm³/mol. The highest BCUT2D eigenvalue weighted by atomic mass is 79.9. The largest absolute Gasteiger partial charge is 0.497 e. The van der Waals surface area contributed by atoms with Crippen molar-refractivity contribution in [2.45, 2.75) is 0 Å². The van der Waals surface area contributed by atoms with E-state index in [4.69, 9.17) is 14.6 Å². The first-order chi connectivity index (χ1) is 7.54. The van der Waals surface area contributed by atoms with Gasteiger partial charge in [-0.25, -0.2) is 4.79 Å². The molecule has 0 aliphatic heterocycles. The minimum absolute atomic E-state index is 0.0631. The summed E-state index contributed by atoms with van der Waals surface area (Å²) in [5, 5.41) is 8.98. The summed E-state index contributed by atoms with van der Waals surface area (Å²) in [5.41, 5.74) is 0.0631. The van der Waals surface area contributed by atoms with Crippen molar-refractivity contribution in [3.8, 4) is 11.5 Å². The summed E-state index contributed by atoms with van der Waals surface area (Å²) in [6.45, 7) is 3.81. The third kappa shape index (κ3) is 3.27. The maximum atomic E-state index is 11.0. The maximum Gasteiger partial charge on any atom is 0.339 e. The smallest absolute Gasteiger partial charge is 0.339 e. The molecular weight excluding hydrogens is 276 g/mol. The molecule has 0 unspecified atom stereocenters. The molecule has 0 radical (unpaired) electrons. The average molecular weight is 287 g/mol. The van der Waals surface area contributed by atoms with Crippen LogP contribution < -0.4 is 9.47 Å². The van der Waals surface area contributed by atoms with E-state index in [1.807, 2.05) is 0 Å². The second-order valence-corrected chi connectivity index (χ2v) is 4.09. The molecule has 0 heterocycles. The van der Waals surface area contributed by atoms with Crippen LogP contribution in [-0.4, -0.2) is 24.8 Å².